The van der Waals surface area contributed by atoms with Crippen LogP contribution in [0.2, 0.25) is 0 Å². The highest BCUT2D eigenvalue weighted by Crippen LogP contribution is 2.30. The lowest BCUT2D eigenvalue weighted by molar-refractivity contribution is -0.143. The number of aliphatic carboxylic acids is 1. The first-order valence-corrected chi connectivity index (χ1v) is 7.27. The molecule has 0 fully saturated rings. The summed E-state index contributed by atoms with van der Waals surface area (Å²) in [6, 6.07) is 4.85. The Bertz CT molecular complexity index is 462. The van der Waals surface area contributed by atoms with E-state index in [4.69, 9.17) is 9.84 Å². The van der Waals surface area contributed by atoms with Gasteiger partial charge in [0.05, 0.1) is 7.11 Å². The standard InChI is InChI=1S/C16H25NO4/c1-4-17(9-5-6-10-18)15(16(19)20)13-11-12(2)7-8-14(13)21-3/h7-8,11,15,18H,4-6,9-10H2,1-3H3,(H,19,20)/t15-/m0/s1. The van der Waals surface area contributed by atoms with Gasteiger partial charge in [-0.3, -0.25) is 9.69 Å². The Morgan fingerprint density at radius 1 is 1.38 bits per heavy atom. The van der Waals surface area contributed by atoms with Crippen molar-refractivity contribution >= 4 is 5.97 Å². The summed E-state index contributed by atoms with van der Waals surface area (Å²) in [5, 5.41) is 18.5. The maximum atomic E-state index is 11.8. The molecule has 0 saturated carbocycles. The summed E-state index contributed by atoms with van der Waals surface area (Å²) in [6.45, 7) is 5.26. The summed E-state index contributed by atoms with van der Waals surface area (Å²) < 4.78 is 5.32. The van der Waals surface area contributed by atoms with Crippen LogP contribution in [-0.2, 0) is 4.79 Å². The topological polar surface area (TPSA) is 70.0 Å². The molecule has 1 aromatic rings. The van der Waals surface area contributed by atoms with Gasteiger partial charge < -0.3 is 14.9 Å². The number of aliphatic hydroxyl groups is 1. The Kier molecular flexibility index (Phi) is 7.19. The maximum Gasteiger partial charge on any atom is 0.325 e. The van der Waals surface area contributed by atoms with Crippen molar-refractivity contribution in [3.8, 4) is 5.75 Å². The van der Waals surface area contributed by atoms with E-state index in [9.17, 15) is 9.90 Å². The first-order valence-electron chi connectivity index (χ1n) is 7.27. The number of benzene rings is 1. The number of unbranched alkanes of at least 4 members (excludes halogenated alkanes) is 1. The molecule has 1 atom stereocenters. The molecule has 0 saturated heterocycles. The van der Waals surface area contributed by atoms with Crippen LogP contribution in [-0.4, -0.2) is 47.9 Å². The third-order valence-corrected chi connectivity index (χ3v) is 3.54. The fourth-order valence-corrected chi connectivity index (χ4v) is 2.45. The van der Waals surface area contributed by atoms with Crippen molar-refractivity contribution in [1.82, 2.24) is 4.90 Å². The number of ether oxygens (including phenoxy) is 1. The monoisotopic (exact) mass is 295 g/mol. The van der Waals surface area contributed by atoms with E-state index in [0.717, 1.165) is 12.0 Å². The SMILES string of the molecule is CCN(CCCCO)[C@H](C(=O)O)c1cc(C)ccc1OC. The minimum Gasteiger partial charge on any atom is -0.496 e. The lowest BCUT2D eigenvalue weighted by Gasteiger charge is -2.29. The number of carboxylic acids is 1. The van der Waals surface area contributed by atoms with E-state index < -0.39 is 12.0 Å². The summed E-state index contributed by atoms with van der Waals surface area (Å²) in [5.41, 5.74) is 1.68. The molecule has 5 nitrogen and oxygen atoms in total. The number of carbonyl (C=O) groups is 1. The molecule has 0 amide bonds. The van der Waals surface area contributed by atoms with Gasteiger partial charge in [0, 0.05) is 12.2 Å². The highest BCUT2D eigenvalue weighted by molar-refractivity contribution is 5.77. The van der Waals surface area contributed by atoms with E-state index >= 15 is 0 Å². The number of hydrogen-bond acceptors (Lipinski definition) is 4. The number of aryl methyl sites for hydroxylation is 1. The van der Waals surface area contributed by atoms with Crippen LogP contribution < -0.4 is 4.74 Å². The van der Waals surface area contributed by atoms with Crippen molar-refractivity contribution in [1.29, 1.82) is 0 Å². The molecule has 1 aromatic carbocycles. The van der Waals surface area contributed by atoms with Gasteiger partial charge in [-0.05, 0) is 38.9 Å². The van der Waals surface area contributed by atoms with Crippen LogP contribution in [0.25, 0.3) is 0 Å². The highest BCUT2D eigenvalue weighted by Gasteiger charge is 2.28. The van der Waals surface area contributed by atoms with Gasteiger partial charge in [0.1, 0.15) is 11.8 Å². The first-order chi connectivity index (χ1) is 10.0. The van der Waals surface area contributed by atoms with Crippen molar-refractivity contribution in [2.45, 2.75) is 32.7 Å². The molecular formula is C16H25NO4. The van der Waals surface area contributed by atoms with Crippen LogP contribution in [0, 0.1) is 6.92 Å². The van der Waals surface area contributed by atoms with Crippen molar-refractivity contribution < 1.29 is 19.7 Å². The van der Waals surface area contributed by atoms with Gasteiger partial charge in [-0.15, -0.1) is 0 Å². The lowest BCUT2D eigenvalue weighted by Crippen LogP contribution is -2.35. The molecule has 0 bridgehead atoms. The Morgan fingerprint density at radius 3 is 2.62 bits per heavy atom. The second-order valence-corrected chi connectivity index (χ2v) is 5.05. The molecule has 0 aliphatic carbocycles. The average molecular weight is 295 g/mol. The fourth-order valence-electron chi connectivity index (χ4n) is 2.45. The molecule has 0 aliphatic rings. The maximum absolute atomic E-state index is 11.8. The number of nitrogens with zero attached hydrogens (tertiary/aromatic N) is 1. The van der Waals surface area contributed by atoms with Gasteiger partial charge >= 0.3 is 5.97 Å². The Balaban J connectivity index is 3.09. The first kappa shape index (κ1) is 17.5. The predicted molar refractivity (Wildman–Crippen MR) is 81.7 cm³/mol. The number of carboxylic acid groups (broad SMARTS) is 1. The second-order valence-electron chi connectivity index (χ2n) is 5.05. The number of hydrogen-bond donors (Lipinski definition) is 2. The van der Waals surface area contributed by atoms with Gasteiger partial charge in [0.2, 0.25) is 0 Å². The number of methoxy groups -OCH3 is 1. The quantitative estimate of drug-likeness (QED) is 0.684. The fraction of sp³-hybridized carbons (Fsp3) is 0.562. The van der Waals surface area contributed by atoms with Gasteiger partial charge in [-0.1, -0.05) is 24.6 Å². The van der Waals surface area contributed by atoms with Gasteiger partial charge in [0.15, 0.2) is 0 Å². The van der Waals surface area contributed by atoms with E-state index in [2.05, 4.69) is 0 Å². The number of aliphatic hydroxyl groups excluding tert-OH is 1. The third kappa shape index (κ3) is 4.72. The van der Waals surface area contributed by atoms with Gasteiger partial charge in [-0.2, -0.15) is 0 Å². The van der Waals surface area contributed by atoms with Crippen LogP contribution in [0.3, 0.4) is 0 Å². The van der Waals surface area contributed by atoms with Crippen LogP contribution >= 0.6 is 0 Å². The van der Waals surface area contributed by atoms with Crippen molar-refractivity contribution in [3.05, 3.63) is 29.3 Å². The summed E-state index contributed by atoms with van der Waals surface area (Å²) in [4.78, 5) is 13.7. The van der Waals surface area contributed by atoms with Crippen molar-refractivity contribution in [3.63, 3.8) is 0 Å². The molecular weight excluding hydrogens is 270 g/mol. The third-order valence-electron chi connectivity index (χ3n) is 3.54. The Labute approximate surface area is 126 Å². The minimum absolute atomic E-state index is 0.128. The zero-order chi connectivity index (χ0) is 15.8. The molecule has 0 aromatic heterocycles. The molecule has 0 aliphatic heterocycles. The van der Waals surface area contributed by atoms with Crippen LogP contribution in [0.5, 0.6) is 5.75 Å². The average Bonchev–Trinajstić information content (AvgIpc) is 2.46. The zero-order valence-corrected chi connectivity index (χ0v) is 13.0. The van der Waals surface area contributed by atoms with Crippen molar-refractivity contribution in [2.75, 3.05) is 26.8 Å². The summed E-state index contributed by atoms with van der Waals surface area (Å²) in [6.07, 6.45) is 1.44. The predicted octanol–water partition coefficient (Wildman–Crippen LogP) is 2.22. The minimum atomic E-state index is -0.884. The highest BCUT2D eigenvalue weighted by atomic mass is 16.5. The molecule has 1 rings (SSSR count). The van der Waals surface area contributed by atoms with E-state index in [-0.39, 0.29) is 6.61 Å². The Hall–Kier alpha value is -1.59. The zero-order valence-electron chi connectivity index (χ0n) is 13.0. The van der Waals surface area contributed by atoms with E-state index in [1.807, 2.05) is 36.9 Å². The normalized spacial score (nSPS) is 12.4. The summed E-state index contributed by atoms with van der Waals surface area (Å²) >= 11 is 0. The molecule has 118 valence electrons. The molecule has 0 unspecified atom stereocenters. The van der Waals surface area contributed by atoms with E-state index in [0.29, 0.717) is 30.8 Å². The molecule has 0 spiro atoms. The van der Waals surface area contributed by atoms with Gasteiger partial charge in [0.25, 0.3) is 0 Å². The van der Waals surface area contributed by atoms with Crippen LogP contribution in [0.15, 0.2) is 18.2 Å². The molecule has 0 heterocycles. The Morgan fingerprint density at radius 2 is 2.10 bits per heavy atom. The van der Waals surface area contributed by atoms with Crippen LogP contribution in [0.1, 0.15) is 36.9 Å². The summed E-state index contributed by atoms with van der Waals surface area (Å²) in [5.74, 6) is -0.293. The lowest BCUT2D eigenvalue weighted by atomic mass is 10.0. The van der Waals surface area contributed by atoms with E-state index in [1.54, 1.807) is 7.11 Å². The largest absolute Gasteiger partial charge is 0.496 e. The van der Waals surface area contributed by atoms with Gasteiger partial charge in [-0.25, -0.2) is 0 Å². The number of rotatable bonds is 9. The van der Waals surface area contributed by atoms with Crippen molar-refractivity contribution in [2.24, 2.45) is 0 Å². The van der Waals surface area contributed by atoms with Crippen LogP contribution in [0.4, 0.5) is 0 Å². The molecule has 21 heavy (non-hydrogen) atoms. The second kappa shape index (κ2) is 8.64. The molecule has 5 heteroatoms. The number of likely N-dealkylation sites (N-methyl/N-ethyl adjacent to an activating group) is 1. The summed E-state index contributed by atoms with van der Waals surface area (Å²) in [7, 11) is 1.55. The molecule has 0 radical (unpaired) electrons. The smallest absolute Gasteiger partial charge is 0.325 e. The molecule has 2 N–H and O–H groups in total. The van der Waals surface area contributed by atoms with E-state index in [1.165, 1.54) is 0 Å².